The molecule has 0 unspecified atom stereocenters. The molecule has 0 spiro atoms. The lowest BCUT2D eigenvalue weighted by Crippen LogP contribution is -2.17. The highest BCUT2D eigenvalue weighted by molar-refractivity contribution is 6.17. The Balaban J connectivity index is 1.63. The zero-order chi connectivity index (χ0) is 23.3. The van der Waals surface area contributed by atoms with Crippen LogP contribution < -0.4 is 10.1 Å². The van der Waals surface area contributed by atoms with Gasteiger partial charge >= 0.3 is 0 Å². The van der Waals surface area contributed by atoms with Gasteiger partial charge in [-0.05, 0) is 35.4 Å². The molecule has 1 aliphatic heterocycles. The van der Waals surface area contributed by atoms with Gasteiger partial charge in [0.05, 0.1) is 0 Å². The zero-order valence-electron chi connectivity index (χ0n) is 17.9. The molecule has 1 aromatic heterocycles. The van der Waals surface area contributed by atoms with Crippen LogP contribution >= 0.6 is 0 Å². The van der Waals surface area contributed by atoms with E-state index in [0.29, 0.717) is 5.56 Å². The fourth-order valence-corrected chi connectivity index (χ4v) is 4.20. The van der Waals surface area contributed by atoms with Gasteiger partial charge in [-0.25, -0.2) is 0 Å². The van der Waals surface area contributed by atoms with Crippen LogP contribution in [0.2, 0.25) is 0 Å². The lowest BCUT2D eigenvalue weighted by atomic mass is 9.97. The van der Waals surface area contributed by atoms with Crippen molar-refractivity contribution in [1.29, 1.82) is 0 Å². The number of phenols is 2. The van der Waals surface area contributed by atoms with Crippen LogP contribution in [0, 0.1) is 0 Å². The van der Waals surface area contributed by atoms with Crippen LogP contribution in [0.25, 0.3) is 28.1 Å². The summed E-state index contributed by atoms with van der Waals surface area (Å²) in [6, 6.07) is 15.6. The van der Waals surface area contributed by atoms with Gasteiger partial charge in [0.15, 0.2) is 5.76 Å². The summed E-state index contributed by atoms with van der Waals surface area (Å²) in [5.74, 6) is -0.944. The number of aromatic hydroxyl groups is 2. The highest BCUT2D eigenvalue weighted by Crippen LogP contribution is 2.41. The molecule has 0 bridgehead atoms. The average molecular weight is 440 g/mol. The third-order valence-electron chi connectivity index (χ3n) is 5.75. The molecule has 3 aromatic carbocycles. The number of ether oxygens (including phenoxy) is 1. The lowest BCUT2D eigenvalue weighted by molar-refractivity contribution is 0.0962. The van der Waals surface area contributed by atoms with Crippen molar-refractivity contribution in [3.63, 3.8) is 0 Å². The first-order chi connectivity index (χ1) is 15.9. The second-order valence-electron chi connectivity index (χ2n) is 7.83. The fraction of sp³-hybridized carbons (Fsp3) is 0.0769. The number of allylic oxidation sites excluding steroid dienone is 1. The number of rotatable bonds is 3. The first-order valence-electron chi connectivity index (χ1n) is 10.3. The van der Waals surface area contributed by atoms with Crippen molar-refractivity contribution < 1.29 is 24.5 Å². The Morgan fingerprint density at radius 2 is 1.85 bits per heavy atom. The van der Waals surface area contributed by atoms with Crippen LogP contribution in [0.4, 0.5) is 0 Å². The molecule has 0 radical (unpaired) electrons. The van der Waals surface area contributed by atoms with Gasteiger partial charge in [-0.3, -0.25) is 9.59 Å². The van der Waals surface area contributed by atoms with Crippen molar-refractivity contribution >= 4 is 28.7 Å². The number of hydrogen-bond donors (Lipinski definition) is 3. The molecule has 164 valence electrons. The van der Waals surface area contributed by atoms with Crippen molar-refractivity contribution in [2.24, 2.45) is 7.05 Å². The van der Waals surface area contributed by atoms with Gasteiger partial charge in [-0.2, -0.15) is 0 Å². The van der Waals surface area contributed by atoms with E-state index >= 15 is 0 Å². The van der Waals surface area contributed by atoms with Gasteiger partial charge in [0.25, 0.3) is 5.91 Å². The van der Waals surface area contributed by atoms with Crippen LogP contribution in [-0.2, 0) is 7.05 Å². The number of amides is 1. The second kappa shape index (κ2) is 7.56. The van der Waals surface area contributed by atoms with Gasteiger partial charge in [0.2, 0.25) is 5.78 Å². The number of benzene rings is 3. The van der Waals surface area contributed by atoms with E-state index in [2.05, 4.69) is 5.32 Å². The lowest BCUT2D eigenvalue weighted by Gasteiger charge is -2.07. The molecular weight excluding hydrogens is 420 g/mol. The largest absolute Gasteiger partial charge is 0.508 e. The minimum atomic E-state index is -0.452. The van der Waals surface area contributed by atoms with Crippen LogP contribution in [0.3, 0.4) is 0 Å². The Morgan fingerprint density at radius 1 is 1.09 bits per heavy atom. The molecule has 0 saturated heterocycles. The smallest absolute Gasteiger partial charge is 0.251 e. The van der Waals surface area contributed by atoms with Gasteiger partial charge in [-0.1, -0.05) is 24.3 Å². The summed E-state index contributed by atoms with van der Waals surface area (Å²) in [6.45, 7) is 0. The zero-order valence-corrected chi connectivity index (χ0v) is 17.9. The molecule has 4 aromatic rings. The van der Waals surface area contributed by atoms with E-state index in [1.807, 2.05) is 48.1 Å². The number of ketones is 1. The minimum absolute atomic E-state index is 0.0318. The molecule has 5 rings (SSSR count). The van der Waals surface area contributed by atoms with Crippen molar-refractivity contribution in [3.8, 4) is 28.4 Å². The van der Waals surface area contributed by atoms with E-state index in [4.69, 9.17) is 4.74 Å². The van der Waals surface area contributed by atoms with E-state index in [0.717, 1.165) is 33.7 Å². The standard InChI is InChI=1S/C26H20N2O5/c1-27-26(32)15-8-6-14(7-9-15)18-4-3-5-19-23(18)16(13-28(19)2)10-22-25(31)24-20(30)11-17(29)12-21(24)33-22/h3-13,29-30H,1-2H3,(H,27,32)/b22-10-. The SMILES string of the molecule is CNC(=O)c1ccc(-c2cccc3c2c(/C=C2\Oc4cc(O)cc(O)c4C2=O)cn3C)cc1. The molecule has 3 N–H and O–H groups in total. The fourth-order valence-electron chi connectivity index (χ4n) is 4.20. The number of phenolic OH excluding ortho intramolecular Hbond substituents is 2. The Kier molecular flexibility index (Phi) is 4.67. The average Bonchev–Trinajstić information content (AvgIpc) is 3.29. The molecule has 1 amide bonds. The maximum atomic E-state index is 12.9. The molecule has 0 fully saturated rings. The van der Waals surface area contributed by atoms with Crippen molar-refractivity contribution in [1.82, 2.24) is 9.88 Å². The molecule has 0 saturated carbocycles. The number of nitrogens with one attached hydrogen (secondary N) is 1. The topological polar surface area (TPSA) is 101 Å². The Hall–Kier alpha value is -4.52. The van der Waals surface area contributed by atoms with Gasteiger partial charge in [0.1, 0.15) is 22.8 Å². The number of Topliss-reactive ketones (excluding diaryl/α,β-unsaturated/α-hetero) is 1. The normalized spacial score (nSPS) is 13.9. The highest BCUT2D eigenvalue weighted by Gasteiger charge is 2.31. The summed E-state index contributed by atoms with van der Waals surface area (Å²) in [4.78, 5) is 24.8. The van der Waals surface area contributed by atoms with Gasteiger partial charge in [-0.15, -0.1) is 0 Å². The van der Waals surface area contributed by atoms with Crippen LogP contribution in [0.5, 0.6) is 17.2 Å². The summed E-state index contributed by atoms with van der Waals surface area (Å²) >= 11 is 0. The first kappa shape index (κ1) is 20.4. The predicted molar refractivity (Wildman–Crippen MR) is 124 cm³/mol. The van der Waals surface area contributed by atoms with Crippen molar-refractivity contribution in [3.05, 3.63) is 83.2 Å². The number of hydrogen-bond acceptors (Lipinski definition) is 5. The number of aromatic nitrogens is 1. The van der Waals surface area contributed by atoms with E-state index in [1.165, 1.54) is 6.07 Å². The molecule has 7 heteroatoms. The third-order valence-corrected chi connectivity index (χ3v) is 5.75. The Bertz CT molecular complexity index is 1480. The van der Waals surface area contributed by atoms with E-state index in [1.54, 1.807) is 25.3 Å². The third kappa shape index (κ3) is 3.30. The van der Waals surface area contributed by atoms with Crippen molar-refractivity contribution in [2.75, 3.05) is 7.05 Å². The van der Waals surface area contributed by atoms with E-state index in [9.17, 15) is 19.8 Å². The number of fused-ring (bicyclic) bond motifs is 2. The number of carbonyl (C=O) groups is 2. The Labute approximate surface area is 189 Å². The first-order valence-corrected chi connectivity index (χ1v) is 10.3. The van der Waals surface area contributed by atoms with Gasteiger partial charge in [0, 0.05) is 54.5 Å². The second-order valence-corrected chi connectivity index (χ2v) is 7.83. The summed E-state index contributed by atoms with van der Waals surface area (Å²) in [6.07, 6.45) is 3.54. The predicted octanol–water partition coefficient (Wildman–Crippen LogP) is 4.23. The van der Waals surface area contributed by atoms with E-state index in [-0.39, 0.29) is 34.5 Å². The number of nitrogens with zero attached hydrogens (tertiary/aromatic N) is 1. The van der Waals surface area contributed by atoms with Crippen molar-refractivity contribution in [2.45, 2.75) is 0 Å². The summed E-state index contributed by atoms with van der Waals surface area (Å²) < 4.78 is 7.64. The summed E-state index contributed by atoms with van der Waals surface area (Å²) in [5, 5.41) is 23.3. The molecule has 33 heavy (non-hydrogen) atoms. The minimum Gasteiger partial charge on any atom is -0.508 e. The molecule has 7 nitrogen and oxygen atoms in total. The van der Waals surface area contributed by atoms with Gasteiger partial charge < -0.3 is 24.8 Å². The molecule has 1 aliphatic rings. The van der Waals surface area contributed by atoms with Crippen LogP contribution in [0.1, 0.15) is 26.3 Å². The van der Waals surface area contributed by atoms with Crippen LogP contribution in [0.15, 0.2) is 66.6 Å². The quantitative estimate of drug-likeness (QED) is 0.414. The number of aryl methyl sites for hydroxylation is 1. The molecular formula is C26H20N2O5. The summed E-state index contributed by atoms with van der Waals surface area (Å²) in [7, 11) is 3.51. The highest BCUT2D eigenvalue weighted by atomic mass is 16.5. The maximum Gasteiger partial charge on any atom is 0.251 e. The van der Waals surface area contributed by atoms with E-state index < -0.39 is 5.78 Å². The molecule has 2 heterocycles. The summed E-state index contributed by atoms with van der Waals surface area (Å²) in [5.41, 5.74) is 4.17. The monoisotopic (exact) mass is 440 g/mol. The molecule has 0 aliphatic carbocycles. The number of carbonyl (C=O) groups excluding carboxylic acids is 2. The Morgan fingerprint density at radius 3 is 2.58 bits per heavy atom. The maximum absolute atomic E-state index is 12.9. The molecule has 0 atom stereocenters. The van der Waals surface area contributed by atoms with Crippen LogP contribution in [-0.4, -0.2) is 33.5 Å².